The quantitative estimate of drug-likeness (QED) is 0.0823. The van der Waals surface area contributed by atoms with Crippen LogP contribution in [0.3, 0.4) is 0 Å². The molecule has 0 aliphatic carbocycles. The van der Waals surface area contributed by atoms with Crippen molar-refractivity contribution in [1.29, 1.82) is 0 Å². The largest absolute Gasteiger partial charge is 0.465 e. The number of methoxy groups -OCH3 is 1. The molecule has 2 aromatic carbocycles. The summed E-state index contributed by atoms with van der Waals surface area (Å²) in [6, 6.07) is 11.9. The van der Waals surface area contributed by atoms with Crippen LogP contribution in [0.15, 0.2) is 52.1 Å². The number of carbonyl (C=O) groups excluding carboxylic acids is 1. The molecule has 12 heteroatoms. The lowest BCUT2D eigenvalue weighted by Crippen LogP contribution is -2.46. The Bertz CT molecular complexity index is 1490. The summed E-state index contributed by atoms with van der Waals surface area (Å²) in [6.45, 7) is 0.138. The van der Waals surface area contributed by atoms with Gasteiger partial charge in [0.25, 0.3) is 0 Å². The highest BCUT2D eigenvalue weighted by Crippen LogP contribution is 2.37. The van der Waals surface area contributed by atoms with E-state index < -0.39 is 17.9 Å². The number of benzene rings is 2. The number of quaternary nitrogens is 1. The van der Waals surface area contributed by atoms with E-state index in [2.05, 4.69) is 35.8 Å². The number of esters is 1. The molecule has 0 unspecified atom stereocenters. The van der Waals surface area contributed by atoms with E-state index in [-0.39, 0.29) is 35.4 Å². The minimum atomic E-state index is -4.82. The smallest absolute Gasteiger partial charge is 0.437 e. The number of H-pyrrole nitrogens is 2. The number of nitrogens with zero attached hydrogens (tertiary/aromatic N) is 2. The van der Waals surface area contributed by atoms with Gasteiger partial charge in [0.2, 0.25) is 0 Å². The van der Waals surface area contributed by atoms with Crippen molar-refractivity contribution in [2.75, 3.05) is 40.9 Å². The molecule has 2 heterocycles. The summed E-state index contributed by atoms with van der Waals surface area (Å²) >= 11 is 9.47. The number of likely N-dealkylation sites (N-methyl/N-ethyl adjacent to an activating group) is 1. The van der Waals surface area contributed by atoms with Crippen LogP contribution in [0.5, 0.6) is 0 Å². The second kappa shape index (κ2) is 10.4. The van der Waals surface area contributed by atoms with Crippen molar-refractivity contribution in [1.82, 2.24) is 9.97 Å². The fourth-order valence-electron chi connectivity index (χ4n) is 3.99. The maximum atomic E-state index is 14.4. The zero-order valence-corrected chi connectivity index (χ0v) is 22.5. The molecule has 0 spiro atoms. The SMILES string of the molecule is COC(=O)C[N+](C)(C)CCO/N=C(/c1c(-c2cc3cc(Cl)ccc3[nH]2)[nH]c2cc(Br)ccc12)C(F)(F)F. The Kier molecular flexibility index (Phi) is 7.59. The number of hydrogen-bond donors (Lipinski definition) is 2. The van der Waals surface area contributed by atoms with E-state index in [4.69, 9.17) is 16.4 Å². The lowest BCUT2D eigenvalue weighted by Gasteiger charge is -2.27. The van der Waals surface area contributed by atoms with Crippen LogP contribution in [0.25, 0.3) is 33.2 Å². The molecule has 0 saturated carbocycles. The van der Waals surface area contributed by atoms with Gasteiger partial charge in [-0.2, -0.15) is 13.2 Å². The summed E-state index contributed by atoms with van der Waals surface area (Å²) in [5.74, 6) is -0.432. The van der Waals surface area contributed by atoms with Gasteiger partial charge in [0, 0.05) is 36.9 Å². The van der Waals surface area contributed by atoms with E-state index >= 15 is 0 Å². The number of nitrogens with one attached hydrogen (secondary N) is 2. The normalized spacial score (nSPS) is 12.9. The summed E-state index contributed by atoms with van der Waals surface area (Å²) in [6.07, 6.45) is -4.82. The maximum absolute atomic E-state index is 14.4. The molecule has 2 N–H and O–H groups in total. The lowest BCUT2D eigenvalue weighted by molar-refractivity contribution is -0.883. The number of hydrogen-bond acceptors (Lipinski definition) is 4. The summed E-state index contributed by atoms with van der Waals surface area (Å²) < 4.78 is 48.7. The zero-order valence-electron chi connectivity index (χ0n) is 20.2. The first-order chi connectivity index (χ1) is 17.4. The lowest BCUT2D eigenvalue weighted by atomic mass is 10.0. The molecule has 0 aliphatic rings. The van der Waals surface area contributed by atoms with Gasteiger partial charge in [0.1, 0.15) is 6.54 Å². The average molecular weight is 601 g/mol. The first-order valence-corrected chi connectivity index (χ1v) is 12.3. The molecule has 2 aromatic heterocycles. The molecule has 0 amide bonds. The molecule has 0 radical (unpaired) electrons. The molecule has 37 heavy (non-hydrogen) atoms. The Labute approximate surface area is 223 Å². The second-order valence-electron chi connectivity index (χ2n) is 9.14. The van der Waals surface area contributed by atoms with E-state index in [1.807, 2.05) is 0 Å². The molecular weight excluding hydrogens is 577 g/mol. The van der Waals surface area contributed by atoms with E-state index in [9.17, 15) is 18.0 Å². The Balaban J connectivity index is 1.76. The van der Waals surface area contributed by atoms with Crippen LogP contribution in [0.1, 0.15) is 5.56 Å². The number of aromatic amines is 2. The Hall–Kier alpha value is -3.02. The standard InChI is InChI=1S/C25H24BrClF3N4O3/c1-34(2,13-21(35)36-3)8-9-37-33-24(25(28,29)30)22-17-6-4-15(26)12-19(17)32-23(22)20-11-14-10-16(27)5-7-18(14)31-20/h4-7,10-12,31-32H,8-9,13H2,1-3H3/q+1/b33-24-. The Morgan fingerprint density at radius 1 is 1.11 bits per heavy atom. The number of fused-ring (bicyclic) bond motifs is 2. The van der Waals surface area contributed by atoms with Crippen LogP contribution in [0.2, 0.25) is 5.02 Å². The summed E-state index contributed by atoms with van der Waals surface area (Å²) in [4.78, 5) is 23.0. The van der Waals surface area contributed by atoms with Crippen LogP contribution in [-0.2, 0) is 14.4 Å². The average Bonchev–Trinajstić information content (AvgIpc) is 3.38. The number of carbonyl (C=O) groups is 1. The molecule has 0 bridgehead atoms. The van der Waals surface area contributed by atoms with E-state index in [1.165, 1.54) is 7.11 Å². The predicted molar refractivity (Wildman–Crippen MR) is 141 cm³/mol. The van der Waals surface area contributed by atoms with Crippen molar-refractivity contribution in [3.8, 4) is 11.4 Å². The van der Waals surface area contributed by atoms with E-state index in [0.717, 1.165) is 10.9 Å². The third-order valence-corrected chi connectivity index (χ3v) is 6.57. The van der Waals surface area contributed by atoms with Crippen molar-refractivity contribution in [3.05, 3.63) is 57.5 Å². The minimum Gasteiger partial charge on any atom is -0.465 e. The molecule has 0 aliphatic heterocycles. The third kappa shape index (κ3) is 6.11. The first kappa shape index (κ1) is 27.0. The molecule has 0 saturated heterocycles. The monoisotopic (exact) mass is 599 g/mol. The van der Waals surface area contributed by atoms with Crippen molar-refractivity contribution in [3.63, 3.8) is 0 Å². The number of rotatable bonds is 8. The number of halogens is 5. The van der Waals surface area contributed by atoms with Gasteiger partial charge in [-0.3, -0.25) is 0 Å². The predicted octanol–water partition coefficient (Wildman–Crippen LogP) is 6.26. The first-order valence-electron chi connectivity index (χ1n) is 11.1. The Morgan fingerprint density at radius 3 is 2.57 bits per heavy atom. The molecule has 0 fully saturated rings. The molecular formula is C25H24BrClF3N4O3+. The highest BCUT2D eigenvalue weighted by Gasteiger charge is 2.41. The van der Waals surface area contributed by atoms with Gasteiger partial charge in [-0.15, -0.1) is 0 Å². The van der Waals surface area contributed by atoms with Crippen LogP contribution in [0, 0.1) is 0 Å². The minimum absolute atomic E-state index is 0.0432. The molecule has 7 nitrogen and oxygen atoms in total. The second-order valence-corrected chi connectivity index (χ2v) is 10.5. The van der Waals surface area contributed by atoms with Crippen molar-refractivity contribution >= 4 is 61.0 Å². The number of ether oxygens (including phenoxy) is 1. The highest BCUT2D eigenvalue weighted by atomic mass is 79.9. The topological polar surface area (TPSA) is 79.5 Å². The van der Waals surface area contributed by atoms with Crippen molar-refractivity contribution in [2.24, 2.45) is 5.16 Å². The van der Waals surface area contributed by atoms with Crippen LogP contribution in [-0.4, -0.2) is 73.2 Å². The summed E-state index contributed by atoms with van der Waals surface area (Å²) in [5, 5.41) is 5.16. The molecule has 0 atom stereocenters. The molecule has 4 aromatic rings. The number of oxime groups is 1. The van der Waals surface area contributed by atoms with Gasteiger partial charge in [0.05, 0.1) is 32.6 Å². The molecule has 4 rings (SSSR count). The highest BCUT2D eigenvalue weighted by molar-refractivity contribution is 9.10. The van der Waals surface area contributed by atoms with Crippen LogP contribution >= 0.6 is 27.5 Å². The van der Waals surface area contributed by atoms with E-state index in [0.29, 0.717) is 26.1 Å². The Morgan fingerprint density at radius 2 is 1.86 bits per heavy atom. The van der Waals surface area contributed by atoms with Gasteiger partial charge < -0.3 is 24.0 Å². The fourth-order valence-corrected chi connectivity index (χ4v) is 4.53. The molecule has 196 valence electrons. The fraction of sp³-hybridized carbons (Fsp3) is 0.280. The summed E-state index contributed by atoms with van der Waals surface area (Å²) in [7, 11) is 4.76. The van der Waals surface area contributed by atoms with Gasteiger partial charge >= 0.3 is 12.1 Å². The van der Waals surface area contributed by atoms with Gasteiger partial charge in [-0.25, -0.2) is 4.79 Å². The van der Waals surface area contributed by atoms with Crippen molar-refractivity contribution in [2.45, 2.75) is 6.18 Å². The van der Waals surface area contributed by atoms with E-state index in [1.54, 1.807) is 56.6 Å². The van der Waals surface area contributed by atoms with Gasteiger partial charge in [0.15, 0.2) is 18.9 Å². The van der Waals surface area contributed by atoms with Crippen molar-refractivity contribution < 1.29 is 32.0 Å². The maximum Gasteiger partial charge on any atom is 0.437 e. The zero-order chi connectivity index (χ0) is 27.0. The third-order valence-electron chi connectivity index (χ3n) is 5.85. The summed E-state index contributed by atoms with van der Waals surface area (Å²) in [5.41, 5.74) is 0.540. The number of alkyl halides is 3. The van der Waals surface area contributed by atoms with Crippen LogP contribution < -0.4 is 0 Å². The number of aromatic nitrogens is 2. The van der Waals surface area contributed by atoms with Gasteiger partial charge in [-0.1, -0.05) is 38.8 Å². The van der Waals surface area contributed by atoms with Gasteiger partial charge in [-0.05, 0) is 36.4 Å². The van der Waals surface area contributed by atoms with Crippen LogP contribution in [0.4, 0.5) is 13.2 Å².